The number of carboxylic acid groups (broad SMARTS) is 1. The number of anilines is 2. The van der Waals surface area contributed by atoms with Gasteiger partial charge >= 0.3 is 5.97 Å². The van der Waals surface area contributed by atoms with Crippen molar-refractivity contribution in [1.29, 1.82) is 0 Å². The number of halogens is 1. The zero-order valence-corrected chi connectivity index (χ0v) is 11.7. The molecule has 1 aromatic carbocycles. The Morgan fingerprint density at radius 2 is 2.28 bits per heavy atom. The number of benzene rings is 1. The van der Waals surface area contributed by atoms with E-state index >= 15 is 0 Å². The minimum absolute atomic E-state index is 0.186. The van der Waals surface area contributed by atoms with E-state index in [0.29, 0.717) is 17.9 Å². The monoisotopic (exact) mass is 326 g/mol. The molecule has 0 amide bonds. The van der Waals surface area contributed by atoms with Crippen molar-refractivity contribution in [1.82, 2.24) is 0 Å². The normalized spacial score (nSPS) is 10.3. The van der Waals surface area contributed by atoms with Gasteiger partial charge < -0.3 is 16.2 Å². The van der Waals surface area contributed by atoms with Gasteiger partial charge in [-0.1, -0.05) is 6.07 Å². The van der Waals surface area contributed by atoms with Crippen molar-refractivity contribution in [3.8, 4) is 0 Å². The van der Waals surface area contributed by atoms with E-state index in [1.165, 1.54) is 6.07 Å². The molecule has 0 unspecified atom stereocenters. The Kier molecular flexibility index (Phi) is 3.88. The number of carbonyl (C=O) groups is 1. The highest BCUT2D eigenvalue weighted by Crippen LogP contribution is 2.26. The minimum Gasteiger partial charge on any atom is -0.478 e. The van der Waals surface area contributed by atoms with Gasteiger partial charge in [0.15, 0.2) is 0 Å². The van der Waals surface area contributed by atoms with Crippen molar-refractivity contribution in [2.45, 2.75) is 6.54 Å². The predicted molar refractivity (Wildman–Crippen MR) is 77.2 cm³/mol. The second-order valence-corrected chi connectivity index (χ2v) is 5.57. The SMILES string of the molecule is Nc1cccc(C(=O)O)c1NCc1cc(Br)cs1. The maximum absolute atomic E-state index is 11.1. The lowest BCUT2D eigenvalue weighted by Crippen LogP contribution is -2.08. The molecule has 0 aliphatic carbocycles. The molecule has 1 aromatic heterocycles. The number of thiophene rings is 1. The van der Waals surface area contributed by atoms with E-state index in [1.54, 1.807) is 23.5 Å². The summed E-state index contributed by atoms with van der Waals surface area (Å²) in [6.45, 7) is 0.546. The van der Waals surface area contributed by atoms with Gasteiger partial charge in [-0.25, -0.2) is 4.79 Å². The summed E-state index contributed by atoms with van der Waals surface area (Å²) in [5, 5.41) is 14.1. The second-order valence-electron chi connectivity index (χ2n) is 3.66. The number of nitrogens with two attached hydrogens (primary N) is 1. The van der Waals surface area contributed by atoms with Crippen LogP contribution in [0.1, 0.15) is 15.2 Å². The van der Waals surface area contributed by atoms with Gasteiger partial charge in [-0.3, -0.25) is 0 Å². The molecule has 18 heavy (non-hydrogen) atoms. The number of nitrogen functional groups attached to an aromatic ring is 1. The maximum atomic E-state index is 11.1. The van der Waals surface area contributed by atoms with Crippen LogP contribution in [0.4, 0.5) is 11.4 Å². The Bertz CT molecular complexity index is 583. The van der Waals surface area contributed by atoms with E-state index in [4.69, 9.17) is 10.8 Å². The Balaban J connectivity index is 2.20. The molecule has 0 saturated heterocycles. The van der Waals surface area contributed by atoms with Gasteiger partial charge in [0.25, 0.3) is 0 Å². The van der Waals surface area contributed by atoms with Crippen LogP contribution in [0.3, 0.4) is 0 Å². The molecule has 4 N–H and O–H groups in total. The van der Waals surface area contributed by atoms with Gasteiger partial charge in [0.2, 0.25) is 0 Å². The highest BCUT2D eigenvalue weighted by molar-refractivity contribution is 9.10. The molecule has 0 aliphatic heterocycles. The lowest BCUT2D eigenvalue weighted by Gasteiger charge is -2.11. The average Bonchev–Trinajstić information content (AvgIpc) is 2.73. The van der Waals surface area contributed by atoms with E-state index in [0.717, 1.165) is 9.35 Å². The van der Waals surface area contributed by atoms with Crippen LogP contribution < -0.4 is 11.1 Å². The molecular weight excluding hydrogens is 316 g/mol. The summed E-state index contributed by atoms with van der Waals surface area (Å²) in [4.78, 5) is 12.2. The van der Waals surface area contributed by atoms with E-state index in [9.17, 15) is 4.79 Å². The van der Waals surface area contributed by atoms with Crippen LogP contribution in [0.15, 0.2) is 34.1 Å². The summed E-state index contributed by atoms with van der Waals surface area (Å²) in [5.41, 5.74) is 6.89. The topological polar surface area (TPSA) is 75.4 Å². The number of aromatic carboxylic acids is 1. The quantitative estimate of drug-likeness (QED) is 0.752. The largest absolute Gasteiger partial charge is 0.478 e. The minimum atomic E-state index is -0.989. The van der Waals surface area contributed by atoms with Crippen LogP contribution in [0.5, 0.6) is 0 Å². The summed E-state index contributed by atoms with van der Waals surface area (Å²) in [6, 6.07) is 6.83. The Labute approximate surface area is 117 Å². The first-order valence-electron chi connectivity index (χ1n) is 5.16. The number of hydrogen-bond acceptors (Lipinski definition) is 4. The summed E-state index contributed by atoms with van der Waals surface area (Å²) in [6.07, 6.45) is 0. The van der Waals surface area contributed by atoms with Gasteiger partial charge in [-0.05, 0) is 34.1 Å². The van der Waals surface area contributed by atoms with E-state index in [1.807, 2.05) is 11.4 Å². The fourth-order valence-corrected chi connectivity index (χ4v) is 2.96. The highest BCUT2D eigenvalue weighted by Gasteiger charge is 2.12. The first-order chi connectivity index (χ1) is 8.58. The van der Waals surface area contributed by atoms with Crippen molar-refractivity contribution in [2.24, 2.45) is 0 Å². The summed E-state index contributed by atoms with van der Waals surface area (Å²) in [7, 11) is 0. The van der Waals surface area contributed by atoms with Crippen molar-refractivity contribution >= 4 is 44.6 Å². The number of hydrogen-bond donors (Lipinski definition) is 3. The van der Waals surface area contributed by atoms with Gasteiger partial charge in [-0.15, -0.1) is 11.3 Å². The smallest absolute Gasteiger partial charge is 0.337 e. The summed E-state index contributed by atoms with van der Waals surface area (Å²) < 4.78 is 1.02. The molecule has 0 bridgehead atoms. The molecule has 0 aliphatic rings. The van der Waals surface area contributed by atoms with Crippen molar-refractivity contribution in [3.63, 3.8) is 0 Å². The van der Waals surface area contributed by atoms with E-state index < -0.39 is 5.97 Å². The van der Waals surface area contributed by atoms with Crippen LogP contribution >= 0.6 is 27.3 Å². The van der Waals surface area contributed by atoms with Gasteiger partial charge in [0.05, 0.1) is 16.9 Å². The molecule has 1 heterocycles. The molecule has 2 aromatic rings. The number of carboxylic acids is 1. The van der Waals surface area contributed by atoms with Gasteiger partial charge in [0.1, 0.15) is 0 Å². The third-order valence-electron chi connectivity index (χ3n) is 2.39. The maximum Gasteiger partial charge on any atom is 0.337 e. The van der Waals surface area contributed by atoms with E-state index in [2.05, 4.69) is 21.2 Å². The molecule has 0 spiro atoms. The van der Waals surface area contributed by atoms with Crippen molar-refractivity contribution in [2.75, 3.05) is 11.1 Å². The molecule has 0 fully saturated rings. The zero-order valence-electron chi connectivity index (χ0n) is 9.31. The summed E-state index contributed by atoms with van der Waals surface area (Å²) in [5.74, 6) is -0.989. The highest BCUT2D eigenvalue weighted by atomic mass is 79.9. The molecule has 2 rings (SSSR count). The standard InChI is InChI=1S/C12H11BrN2O2S/c13-7-4-8(18-6-7)5-15-11-9(12(16)17)2-1-3-10(11)14/h1-4,6,15H,5,14H2,(H,16,17). The lowest BCUT2D eigenvalue weighted by molar-refractivity contribution is 0.0698. The fourth-order valence-electron chi connectivity index (χ4n) is 1.57. The first kappa shape index (κ1) is 12.9. The van der Waals surface area contributed by atoms with Crippen molar-refractivity contribution in [3.05, 3.63) is 44.6 Å². The lowest BCUT2D eigenvalue weighted by atomic mass is 10.1. The molecule has 0 saturated carbocycles. The van der Waals surface area contributed by atoms with Crippen LogP contribution in [0, 0.1) is 0 Å². The molecule has 6 heteroatoms. The van der Waals surface area contributed by atoms with Crippen LogP contribution in [-0.2, 0) is 6.54 Å². The molecule has 94 valence electrons. The summed E-state index contributed by atoms with van der Waals surface area (Å²) >= 11 is 4.97. The fraction of sp³-hybridized carbons (Fsp3) is 0.0833. The Morgan fingerprint density at radius 3 is 2.89 bits per heavy atom. The zero-order chi connectivity index (χ0) is 13.1. The molecule has 0 atom stereocenters. The van der Waals surface area contributed by atoms with E-state index in [-0.39, 0.29) is 5.56 Å². The molecule has 4 nitrogen and oxygen atoms in total. The number of nitrogens with one attached hydrogen (secondary N) is 1. The Hall–Kier alpha value is -1.53. The predicted octanol–water partition coefficient (Wildman–Crippen LogP) is 3.40. The van der Waals surface area contributed by atoms with Crippen LogP contribution in [-0.4, -0.2) is 11.1 Å². The number of para-hydroxylation sites is 1. The molecular formula is C12H11BrN2O2S. The average molecular weight is 327 g/mol. The van der Waals surface area contributed by atoms with Crippen LogP contribution in [0.2, 0.25) is 0 Å². The Morgan fingerprint density at radius 1 is 1.50 bits per heavy atom. The van der Waals surface area contributed by atoms with Gasteiger partial charge in [-0.2, -0.15) is 0 Å². The third kappa shape index (κ3) is 2.83. The first-order valence-corrected chi connectivity index (χ1v) is 6.84. The van der Waals surface area contributed by atoms with Crippen molar-refractivity contribution < 1.29 is 9.90 Å². The number of rotatable bonds is 4. The van der Waals surface area contributed by atoms with Gasteiger partial charge in [0, 0.05) is 21.3 Å². The second kappa shape index (κ2) is 5.41. The molecule has 0 radical (unpaired) electrons. The van der Waals surface area contributed by atoms with Crippen LogP contribution in [0.25, 0.3) is 0 Å². The third-order valence-corrected chi connectivity index (χ3v) is 4.09.